The van der Waals surface area contributed by atoms with Crippen molar-refractivity contribution in [3.63, 3.8) is 0 Å². The third-order valence-corrected chi connectivity index (χ3v) is 6.94. The molecule has 2 aliphatic rings. The topological polar surface area (TPSA) is 113 Å². The second-order valence-electron chi connectivity index (χ2n) is 7.00. The lowest BCUT2D eigenvalue weighted by Crippen LogP contribution is -2.48. The Morgan fingerprint density at radius 2 is 1.82 bits per heavy atom. The number of nitrogens with two attached hydrogens (primary N) is 1. The Morgan fingerprint density at radius 3 is 2.46 bits per heavy atom. The number of benzene rings is 1. The molecule has 28 heavy (non-hydrogen) atoms. The van der Waals surface area contributed by atoms with Crippen LogP contribution in [-0.4, -0.2) is 73.8 Å². The van der Waals surface area contributed by atoms with Gasteiger partial charge >= 0.3 is 0 Å². The number of nitrogens with one attached hydrogen (secondary N) is 1. The molecule has 8 nitrogen and oxygen atoms in total. The highest BCUT2D eigenvalue weighted by molar-refractivity contribution is 7.99. The van der Waals surface area contributed by atoms with Crippen LogP contribution in [0, 0.1) is 0 Å². The Hall–Kier alpha value is -1.62. The van der Waals surface area contributed by atoms with E-state index in [0.29, 0.717) is 12.2 Å². The zero-order chi connectivity index (χ0) is 20.1. The van der Waals surface area contributed by atoms with Crippen molar-refractivity contribution in [2.45, 2.75) is 30.2 Å². The van der Waals surface area contributed by atoms with Crippen LogP contribution >= 0.6 is 11.8 Å². The molecule has 2 saturated heterocycles. The number of likely N-dealkylation sites (tertiary alicyclic amines) is 1. The predicted molar refractivity (Wildman–Crippen MR) is 110 cm³/mol. The summed E-state index contributed by atoms with van der Waals surface area (Å²) in [7, 11) is -3.75. The molecule has 1 atom stereocenters. The van der Waals surface area contributed by atoms with Crippen molar-refractivity contribution in [2.75, 3.05) is 43.0 Å². The maximum Gasteiger partial charge on any atom is 0.239 e. The van der Waals surface area contributed by atoms with Crippen molar-refractivity contribution in [1.82, 2.24) is 9.80 Å². The first-order chi connectivity index (χ1) is 13.3. The number of hydrogen-bond acceptors (Lipinski definition) is 6. The van der Waals surface area contributed by atoms with Crippen molar-refractivity contribution in [1.29, 1.82) is 0 Å². The molecule has 10 heteroatoms. The molecule has 1 aromatic carbocycles. The highest BCUT2D eigenvalue weighted by Crippen LogP contribution is 2.21. The van der Waals surface area contributed by atoms with Gasteiger partial charge in [-0.2, -0.15) is 11.8 Å². The zero-order valence-electron chi connectivity index (χ0n) is 15.7. The lowest BCUT2D eigenvalue weighted by molar-refractivity contribution is -0.136. The van der Waals surface area contributed by atoms with Crippen LogP contribution < -0.4 is 10.5 Å². The number of carbonyl (C=O) groups is 2. The fraction of sp³-hybridized carbons (Fsp3) is 0.556. The van der Waals surface area contributed by atoms with E-state index < -0.39 is 10.0 Å². The maximum atomic E-state index is 12.8. The smallest absolute Gasteiger partial charge is 0.239 e. The van der Waals surface area contributed by atoms with Crippen LogP contribution in [0.3, 0.4) is 0 Å². The Morgan fingerprint density at radius 1 is 1.14 bits per heavy atom. The Labute approximate surface area is 169 Å². The summed E-state index contributed by atoms with van der Waals surface area (Å²) in [4.78, 5) is 29.1. The molecule has 0 aliphatic carbocycles. The van der Waals surface area contributed by atoms with Gasteiger partial charge in [-0.05, 0) is 43.7 Å². The summed E-state index contributed by atoms with van der Waals surface area (Å²) in [5, 5.41) is 7.82. The molecule has 1 aromatic rings. The summed E-state index contributed by atoms with van der Waals surface area (Å²) in [6.07, 6.45) is 2.09. The van der Waals surface area contributed by atoms with Gasteiger partial charge in [-0.25, -0.2) is 13.6 Å². The first-order valence-electron chi connectivity index (χ1n) is 9.38. The average molecular weight is 427 g/mol. The van der Waals surface area contributed by atoms with Gasteiger partial charge in [-0.1, -0.05) is 0 Å². The minimum Gasteiger partial charge on any atom is -0.340 e. The molecule has 0 spiro atoms. The number of nitrogens with zero attached hydrogens (tertiary/aromatic N) is 2. The molecule has 2 heterocycles. The van der Waals surface area contributed by atoms with Gasteiger partial charge in [0.05, 0.1) is 10.9 Å². The van der Waals surface area contributed by atoms with Gasteiger partial charge in [0.25, 0.3) is 0 Å². The molecule has 2 amide bonds. The quantitative estimate of drug-likeness (QED) is 0.692. The van der Waals surface area contributed by atoms with E-state index >= 15 is 0 Å². The van der Waals surface area contributed by atoms with Crippen molar-refractivity contribution >= 4 is 39.3 Å². The van der Waals surface area contributed by atoms with Crippen LogP contribution in [0.5, 0.6) is 0 Å². The first kappa shape index (κ1) is 21.1. The second-order valence-corrected chi connectivity index (χ2v) is 9.79. The summed E-state index contributed by atoms with van der Waals surface area (Å²) in [6.45, 7) is 2.97. The number of carbonyl (C=O) groups excluding carboxylic acids is 2. The van der Waals surface area contributed by atoms with E-state index in [0.717, 1.165) is 44.0 Å². The fourth-order valence-electron chi connectivity index (χ4n) is 3.56. The summed E-state index contributed by atoms with van der Waals surface area (Å²) in [6, 6.07) is 5.61. The normalized spacial score (nSPS) is 20.9. The van der Waals surface area contributed by atoms with Crippen molar-refractivity contribution < 1.29 is 18.0 Å². The van der Waals surface area contributed by atoms with E-state index in [1.54, 1.807) is 0 Å². The van der Waals surface area contributed by atoms with Crippen LogP contribution in [0.25, 0.3) is 0 Å². The molecule has 0 radical (unpaired) electrons. The molecule has 3 N–H and O–H groups in total. The highest BCUT2D eigenvalue weighted by atomic mass is 32.2. The van der Waals surface area contributed by atoms with E-state index in [1.807, 2.05) is 16.7 Å². The average Bonchev–Trinajstić information content (AvgIpc) is 3.15. The molecule has 0 bridgehead atoms. The fourth-order valence-corrected chi connectivity index (χ4v) is 4.98. The number of sulfonamides is 1. The van der Waals surface area contributed by atoms with E-state index in [2.05, 4.69) is 10.2 Å². The summed E-state index contributed by atoms with van der Waals surface area (Å²) in [5.74, 6) is 2.00. The van der Waals surface area contributed by atoms with Gasteiger partial charge in [-0.15, -0.1) is 0 Å². The molecule has 2 fully saturated rings. The second kappa shape index (κ2) is 9.25. The molecule has 0 aromatic heterocycles. The van der Waals surface area contributed by atoms with E-state index in [9.17, 15) is 18.0 Å². The summed E-state index contributed by atoms with van der Waals surface area (Å²) < 4.78 is 22.5. The van der Waals surface area contributed by atoms with Crippen LogP contribution in [-0.2, 0) is 19.6 Å². The Balaban J connectivity index is 1.50. The summed E-state index contributed by atoms with van der Waals surface area (Å²) in [5.41, 5.74) is 0.511. The van der Waals surface area contributed by atoms with Crippen LogP contribution in [0.2, 0.25) is 0 Å². The van der Waals surface area contributed by atoms with Crippen LogP contribution in [0.1, 0.15) is 19.3 Å². The number of anilines is 1. The zero-order valence-corrected chi connectivity index (χ0v) is 17.3. The molecule has 1 unspecified atom stereocenters. The van der Waals surface area contributed by atoms with Crippen LogP contribution in [0.15, 0.2) is 29.2 Å². The lowest BCUT2D eigenvalue weighted by atomic mass is 10.2. The molecule has 154 valence electrons. The predicted octanol–water partition coefficient (Wildman–Crippen LogP) is 0.702. The highest BCUT2D eigenvalue weighted by Gasteiger charge is 2.34. The standard InChI is InChI=1S/C18H26N4O4S2/c19-28(25,26)15-5-3-14(4-6-15)20-17(23)7-9-21-8-1-2-16(21)18(24)22-10-12-27-13-11-22/h3-6,16H,1-2,7-13H2,(H,20,23)(H2,19,25,26). The van der Waals surface area contributed by atoms with Gasteiger partial charge in [0, 0.05) is 43.2 Å². The van der Waals surface area contributed by atoms with Crippen molar-refractivity contribution in [2.24, 2.45) is 5.14 Å². The third-order valence-electron chi connectivity index (χ3n) is 5.06. The molecular formula is C18H26N4O4S2. The van der Waals surface area contributed by atoms with Gasteiger partial charge in [0.2, 0.25) is 21.8 Å². The number of thioether (sulfide) groups is 1. The number of primary sulfonamides is 1. The minimum absolute atomic E-state index is 0.0000302. The van der Waals surface area contributed by atoms with Crippen LogP contribution in [0.4, 0.5) is 5.69 Å². The van der Waals surface area contributed by atoms with Gasteiger partial charge in [0.1, 0.15) is 0 Å². The molecule has 0 saturated carbocycles. The third kappa shape index (κ3) is 5.47. The lowest BCUT2D eigenvalue weighted by Gasteiger charge is -2.32. The Bertz CT molecular complexity index is 807. The maximum absolute atomic E-state index is 12.8. The summed E-state index contributed by atoms with van der Waals surface area (Å²) >= 11 is 1.88. The molecule has 2 aliphatic heterocycles. The van der Waals surface area contributed by atoms with E-state index in [4.69, 9.17) is 5.14 Å². The molecular weight excluding hydrogens is 400 g/mol. The minimum atomic E-state index is -3.75. The van der Waals surface area contributed by atoms with Gasteiger partial charge in [0.15, 0.2) is 0 Å². The van der Waals surface area contributed by atoms with Crippen molar-refractivity contribution in [3.8, 4) is 0 Å². The number of amides is 2. The largest absolute Gasteiger partial charge is 0.340 e. The van der Waals surface area contributed by atoms with Crippen molar-refractivity contribution in [3.05, 3.63) is 24.3 Å². The van der Waals surface area contributed by atoms with E-state index in [-0.39, 0.29) is 29.2 Å². The van der Waals surface area contributed by atoms with Gasteiger partial charge < -0.3 is 10.2 Å². The van der Waals surface area contributed by atoms with Gasteiger partial charge in [-0.3, -0.25) is 14.5 Å². The SMILES string of the molecule is NS(=O)(=O)c1ccc(NC(=O)CCN2CCCC2C(=O)N2CCSCC2)cc1. The molecule has 3 rings (SSSR count). The first-order valence-corrected chi connectivity index (χ1v) is 12.1. The monoisotopic (exact) mass is 426 g/mol. The number of hydrogen-bond donors (Lipinski definition) is 2. The Kier molecular flexibility index (Phi) is 6.97. The van der Waals surface area contributed by atoms with E-state index in [1.165, 1.54) is 24.3 Å². The number of rotatable bonds is 6.